The van der Waals surface area contributed by atoms with Gasteiger partial charge >= 0.3 is 0 Å². The molecule has 0 atom stereocenters. The van der Waals surface area contributed by atoms with Crippen LogP contribution in [0.15, 0.2) is 41.3 Å². The van der Waals surface area contributed by atoms with Crippen LogP contribution >= 0.6 is 0 Å². The van der Waals surface area contributed by atoms with E-state index in [0.29, 0.717) is 18.9 Å². The first-order chi connectivity index (χ1) is 7.43. The Bertz CT molecular complexity index is 463. The van der Waals surface area contributed by atoms with Crippen molar-refractivity contribution in [2.24, 2.45) is 5.73 Å². The van der Waals surface area contributed by atoms with Crippen LogP contribution in [0.25, 0.3) is 0 Å². The largest absolute Gasteiger partial charge is 0.489 e. The monoisotopic (exact) mass is 241 g/mol. The average Bonchev–Trinajstić information content (AvgIpc) is 2.25. The van der Waals surface area contributed by atoms with Crippen LogP contribution in [0.2, 0.25) is 0 Å². The number of rotatable bonds is 5. The van der Waals surface area contributed by atoms with E-state index in [1.54, 1.807) is 12.1 Å². The molecule has 5 heteroatoms. The van der Waals surface area contributed by atoms with E-state index in [1.807, 2.05) is 0 Å². The molecule has 0 radical (unpaired) electrons. The molecule has 0 fully saturated rings. The summed E-state index contributed by atoms with van der Waals surface area (Å²) >= 11 is 0. The predicted molar refractivity (Wildman–Crippen MR) is 63.2 cm³/mol. The number of sulfone groups is 1. The van der Waals surface area contributed by atoms with E-state index in [1.165, 1.54) is 18.4 Å². The third kappa shape index (κ3) is 3.67. The van der Waals surface area contributed by atoms with E-state index < -0.39 is 9.84 Å². The van der Waals surface area contributed by atoms with Crippen LogP contribution in [-0.2, 0) is 9.84 Å². The molecule has 0 aliphatic heterocycles. The van der Waals surface area contributed by atoms with Crippen LogP contribution in [0.1, 0.15) is 0 Å². The SMILES string of the molecule is C=C(CN)COc1ccc(S(C)(=O)=O)cc1. The Kier molecular flexibility index (Phi) is 4.09. The standard InChI is InChI=1S/C11H15NO3S/c1-9(7-12)8-15-10-3-5-11(6-4-10)16(2,13)14/h3-6H,1,7-8,12H2,2H3. The van der Waals surface area contributed by atoms with Crippen molar-refractivity contribution < 1.29 is 13.2 Å². The normalized spacial score (nSPS) is 11.1. The zero-order valence-electron chi connectivity index (χ0n) is 9.14. The lowest BCUT2D eigenvalue weighted by molar-refractivity contribution is 0.350. The fourth-order valence-electron chi connectivity index (χ4n) is 1.03. The number of benzene rings is 1. The van der Waals surface area contributed by atoms with Gasteiger partial charge in [-0.05, 0) is 29.8 Å². The van der Waals surface area contributed by atoms with Crippen molar-refractivity contribution in [2.45, 2.75) is 4.90 Å². The molecule has 4 nitrogen and oxygen atoms in total. The highest BCUT2D eigenvalue weighted by Gasteiger charge is 2.06. The minimum absolute atomic E-state index is 0.275. The van der Waals surface area contributed by atoms with Crippen LogP contribution in [-0.4, -0.2) is 27.8 Å². The van der Waals surface area contributed by atoms with Crippen LogP contribution in [0.4, 0.5) is 0 Å². The van der Waals surface area contributed by atoms with Crippen molar-refractivity contribution in [2.75, 3.05) is 19.4 Å². The second kappa shape index (κ2) is 5.14. The summed E-state index contributed by atoms with van der Waals surface area (Å²) < 4.78 is 27.7. The first kappa shape index (κ1) is 12.7. The number of hydrogen-bond donors (Lipinski definition) is 1. The molecule has 0 heterocycles. The summed E-state index contributed by atoms with van der Waals surface area (Å²) in [5.74, 6) is 0.599. The van der Waals surface area contributed by atoms with Gasteiger partial charge in [-0.15, -0.1) is 0 Å². The van der Waals surface area contributed by atoms with Crippen LogP contribution in [0.5, 0.6) is 5.75 Å². The minimum atomic E-state index is -3.15. The summed E-state index contributed by atoms with van der Waals surface area (Å²) in [6.45, 7) is 4.42. The van der Waals surface area contributed by atoms with Crippen molar-refractivity contribution in [1.29, 1.82) is 0 Å². The van der Waals surface area contributed by atoms with Crippen molar-refractivity contribution in [1.82, 2.24) is 0 Å². The van der Waals surface area contributed by atoms with Crippen molar-refractivity contribution in [3.8, 4) is 5.75 Å². The fraction of sp³-hybridized carbons (Fsp3) is 0.273. The summed E-state index contributed by atoms with van der Waals surface area (Å²) in [6, 6.07) is 6.24. The molecule has 0 amide bonds. The van der Waals surface area contributed by atoms with Crippen LogP contribution in [0.3, 0.4) is 0 Å². The summed E-state index contributed by atoms with van der Waals surface area (Å²) in [6.07, 6.45) is 1.17. The molecule has 0 spiro atoms. The van der Waals surface area contributed by atoms with Crippen LogP contribution < -0.4 is 10.5 Å². The molecule has 0 saturated heterocycles. The van der Waals surface area contributed by atoms with Gasteiger partial charge in [-0.1, -0.05) is 6.58 Å². The fourth-order valence-corrected chi connectivity index (χ4v) is 1.66. The minimum Gasteiger partial charge on any atom is -0.489 e. The zero-order chi connectivity index (χ0) is 12.2. The Labute approximate surface area is 95.6 Å². The van der Waals surface area contributed by atoms with E-state index in [4.69, 9.17) is 10.5 Å². The molecular formula is C11H15NO3S. The molecule has 0 unspecified atom stereocenters. The highest BCUT2D eigenvalue weighted by Crippen LogP contribution is 2.16. The van der Waals surface area contributed by atoms with E-state index in [-0.39, 0.29) is 4.90 Å². The third-order valence-corrected chi connectivity index (χ3v) is 3.11. The predicted octanol–water partition coefficient (Wildman–Crippen LogP) is 0.984. The summed E-state index contributed by atoms with van der Waals surface area (Å²) in [5, 5.41) is 0. The smallest absolute Gasteiger partial charge is 0.175 e. The molecule has 2 N–H and O–H groups in total. The molecule has 0 bridgehead atoms. The van der Waals surface area contributed by atoms with E-state index >= 15 is 0 Å². The molecule has 88 valence electrons. The van der Waals surface area contributed by atoms with Gasteiger partial charge in [0.15, 0.2) is 9.84 Å². The van der Waals surface area contributed by atoms with Crippen molar-refractivity contribution in [3.63, 3.8) is 0 Å². The molecule has 1 aromatic carbocycles. The van der Waals surface area contributed by atoms with Gasteiger partial charge in [-0.2, -0.15) is 0 Å². The number of ether oxygens (including phenoxy) is 1. The maximum absolute atomic E-state index is 11.2. The Morgan fingerprint density at radius 3 is 2.38 bits per heavy atom. The summed E-state index contributed by atoms with van der Waals surface area (Å²) in [4.78, 5) is 0.275. The van der Waals surface area contributed by atoms with E-state index in [9.17, 15) is 8.42 Å². The number of hydrogen-bond acceptors (Lipinski definition) is 4. The quantitative estimate of drug-likeness (QED) is 0.780. The first-order valence-corrected chi connectivity index (χ1v) is 6.62. The first-order valence-electron chi connectivity index (χ1n) is 4.73. The molecule has 16 heavy (non-hydrogen) atoms. The Balaban J connectivity index is 2.69. The lowest BCUT2D eigenvalue weighted by Crippen LogP contribution is -2.09. The highest BCUT2D eigenvalue weighted by atomic mass is 32.2. The van der Waals surface area contributed by atoms with E-state index in [2.05, 4.69) is 6.58 Å². The topological polar surface area (TPSA) is 69.4 Å². The Morgan fingerprint density at radius 1 is 1.38 bits per heavy atom. The molecule has 0 saturated carbocycles. The van der Waals surface area contributed by atoms with Gasteiger partial charge in [0.05, 0.1) is 4.90 Å². The molecule has 0 aliphatic carbocycles. The van der Waals surface area contributed by atoms with Gasteiger partial charge in [-0.25, -0.2) is 8.42 Å². The van der Waals surface area contributed by atoms with E-state index in [0.717, 1.165) is 5.57 Å². The maximum atomic E-state index is 11.2. The summed E-state index contributed by atoms with van der Waals surface area (Å²) in [5.41, 5.74) is 6.14. The Morgan fingerprint density at radius 2 is 1.94 bits per heavy atom. The second-order valence-electron chi connectivity index (χ2n) is 3.49. The van der Waals surface area contributed by atoms with Crippen molar-refractivity contribution >= 4 is 9.84 Å². The zero-order valence-corrected chi connectivity index (χ0v) is 9.96. The van der Waals surface area contributed by atoms with Gasteiger partial charge in [0.2, 0.25) is 0 Å². The molecule has 1 rings (SSSR count). The van der Waals surface area contributed by atoms with Gasteiger partial charge < -0.3 is 10.5 Å². The Hall–Kier alpha value is -1.33. The summed E-state index contributed by atoms with van der Waals surface area (Å²) in [7, 11) is -3.15. The van der Waals surface area contributed by atoms with Gasteiger partial charge in [0.25, 0.3) is 0 Å². The lowest BCUT2D eigenvalue weighted by atomic mass is 10.3. The van der Waals surface area contributed by atoms with Gasteiger partial charge in [0.1, 0.15) is 12.4 Å². The highest BCUT2D eigenvalue weighted by molar-refractivity contribution is 7.90. The molecular weight excluding hydrogens is 226 g/mol. The third-order valence-electron chi connectivity index (χ3n) is 1.98. The second-order valence-corrected chi connectivity index (χ2v) is 5.50. The molecule has 0 aromatic heterocycles. The molecule has 0 aliphatic rings. The maximum Gasteiger partial charge on any atom is 0.175 e. The van der Waals surface area contributed by atoms with Gasteiger partial charge in [-0.3, -0.25) is 0 Å². The molecule has 1 aromatic rings. The lowest BCUT2D eigenvalue weighted by Gasteiger charge is -2.07. The van der Waals surface area contributed by atoms with Gasteiger partial charge in [0, 0.05) is 12.8 Å². The number of nitrogens with two attached hydrogens (primary N) is 1. The van der Waals surface area contributed by atoms with Crippen LogP contribution in [0, 0.1) is 0 Å². The average molecular weight is 241 g/mol. The van der Waals surface area contributed by atoms with Crippen molar-refractivity contribution in [3.05, 3.63) is 36.4 Å².